The first-order chi connectivity index (χ1) is 10.3. The molecular formula is C14H15F2N3. The number of hydrogen-bond acceptors (Lipinski definition) is 2. The summed E-state index contributed by atoms with van der Waals surface area (Å²) in [5.74, 6) is -1.49. The lowest BCUT2D eigenvalue weighted by Gasteiger charge is -2.19. The highest BCUT2D eigenvalue weighted by Gasteiger charge is 2.25. The third-order valence-electron chi connectivity index (χ3n) is 3.39. The molecule has 0 unspecified atom stereocenters. The molecular weight excluding hydrogens is 248 g/mol. The lowest BCUT2D eigenvalue weighted by molar-refractivity contribution is 0.525. The lowest BCUT2D eigenvalue weighted by Crippen LogP contribution is -2.27. The van der Waals surface area contributed by atoms with Gasteiger partial charge in [-0.15, -0.1) is 0 Å². The fourth-order valence-electron chi connectivity index (χ4n) is 2.56. The van der Waals surface area contributed by atoms with E-state index in [2.05, 4.69) is 10.4 Å². The summed E-state index contributed by atoms with van der Waals surface area (Å²) in [6.45, 7) is 0.0195. The van der Waals surface area contributed by atoms with E-state index in [4.69, 9.17) is 4.11 Å². The molecule has 0 amide bonds. The van der Waals surface area contributed by atoms with Crippen LogP contribution in [0.5, 0.6) is 0 Å². The molecule has 2 heterocycles. The second-order valence-electron chi connectivity index (χ2n) is 4.71. The number of nitrogens with zero attached hydrogens (tertiary/aromatic N) is 2. The van der Waals surface area contributed by atoms with Crippen molar-refractivity contribution in [3.63, 3.8) is 0 Å². The van der Waals surface area contributed by atoms with Gasteiger partial charge in [0.2, 0.25) is 0 Å². The van der Waals surface area contributed by atoms with Crippen molar-refractivity contribution in [2.24, 2.45) is 6.98 Å². The van der Waals surface area contributed by atoms with Crippen molar-refractivity contribution in [1.29, 1.82) is 0 Å². The Balaban J connectivity index is 2.29. The molecule has 100 valence electrons. The van der Waals surface area contributed by atoms with E-state index in [1.807, 2.05) is 6.92 Å². The van der Waals surface area contributed by atoms with E-state index in [0.717, 1.165) is 28.4 Å². The first kappa shape index (κ1) is 9.20. The summed E-state index contributed by atoms with van der Waals surface area (Å²) < 4.78 is 50.9. The average Bonchev–Trinajstić information content (AvgIpc) is 2.78. The molecule has 0 spiro atoms. The molecule has 1 aromatic heterocycles. The molecule has 3 rings (SSSR count). The minimum atomic E-state index is -2.52. The SMILES string of the molecule is [2H]C([2H])([2H])n1nc2c(c1-c1cc(F)cc(F)c1)CCN[C@@H]2C. The number of halogens is 2. The fraction of sp³-hybridized carbons (Fsp3) is 0.357. The van der Waals surface area contributed by atoms with E-state index in [1.165, 1.54) is 0 Å². The zero-order valence-corrected chi connectivity index (χ0v) is 10.4. The predicted octanol–water partition coefficient (Wildman–Crippen LogP) is 2.57. The molecule has 1 aliphatic rings. The van der Waals surface area contributed by atoms with Gasteiger partial charge in [-0.1, -0.05) is 0 Å². The van der Waals surface area contributed by atoms with Gasteiger partial charge in [0.15, 0.2) is 0 Å². The second-order valence-corrected chi connectivity index (χ2v) is 4.71. The van der Waals surface area contributed by atoms with Crippen molar-refractivity contribution < 1.29 is 12.9 Å². The van der Waals surface area contributed by atoms with Crippen molar-refractivity contribution in [3.8, 4) is 11.3 Å². The van der Waals surface area contributed by atoms with E-state index in [-0.39, 0.29) is 17.3 Å². The molecule has 5 heteroatoms. The monoisotopic (exact) mass is 266 g/mol. The van der Waals surface area contributed by atoms with E-state index >= 15 is 0 Å². The van der Waals surface area contributed by atoms with Gasteiger partial charge in [0.05, 0.1) is 11.4 Å². The van der Waals surface area contributed by atoms with Crippen LogP contribution in [0.1, 0.15) is 28.3 Å². The Hall–Kier alpha value is -1.75. The summed E-state index contributed by atoms with van der Waals surface area (Å²) in [4.78, 5) is 0. The van der Waals surface area contributed by atoms with Gasteiger partial charge in [-0.25, -0.2) is 8.78 Å². The van der Waals surface area contributed by atoms with Crippen molar-refractivity contribution in [2.45, 2.75) is 19.4 Å². The summed E-state index contributed by atoms with van der Waals surface area (Å²) in [5.41, 5.74) is 1.80. The van der Waals surface area contributed by atoms with Gasteiger partial charge >= 0.3 is 0 Å². The Morgan fingerprint density at radius 3 is 2.79 bits per heavy atom. The molecule has 0 saturated carbocycles. The molecule has 0 aliphatic carbocycles. The van der Waals surface area contributed by atoms with Crippen LogP contribution in [-0.4, -0.2) is 16.3 Å². The van der Waals surface area contributed by atoms with Crippen LogP contribution >= 0.6 is 0 Å². The van der Waals surface area contributed by atoms with Crippen LogP contribution in [0.15, 0.2) is 18.2 Å². The third kappa shape index (κ3) is 2.04. The summed E-state index contributed by atoms with van der Waals surface area (Å²) in [5, 5.41) is 7.38. The number of hydrogen-bond donors (Lipinski definition) is 1. The summed E-state index contributed by atoms with van der Waals surface area (Å²) in [7, 11) is 0. The quantitative estimate of drug-likeness (QED) is 0.859. The number of fused-ring (bicyclic) bond motifs is 1. The smallest absolute Gasteiger partial charge is 0.126 e. The van der Waals surface area contributed by atoms with Gasteiger partial charge in [-0.05, 0) is 32.0 Å². The first-order valence-electron chi connectivity index (χ1n) is 7.59. The van der Waals surface area contributed by atoms with Crippen molar-refractivity contribution in [2.75, 3.05) is 6.54 Å². The lowest BCUT2D eigenvalue weighted by atomic mass is 9.97. The molecule has 3 nitrogen and oxygen atoms in total. The zero-order valence-electron chi connectivity index (χ0n) is 13.4. The van der Waals surface area contributed by atoms with Crippen LogP contribution in [0.2, 0.25) is 0 Å². The molecule has 0 radical (unpaired) electrons. The fourth-order valence-corrected chi connectivity index (χ4v) is 2.56. The normalized spacial score (nSPS) is 21.4. The summed E-state index contributed by atoms with van der Waals surface area (Å²) in [6, 6.07) is 2.92. The van der Waals surface area contributed by atoms with Crippen LogP contribution in [0.25, 0.3) is 11.3 Å². The Bertz CT molecular complexity index is 705. The van der Waals surface area contributed by atoms with E-state index in [0.29, 0.717) is 18.7 Å². The van der Waals surface area contributed by atoms with Crippen molar-refractivity contribution in [1.82, 2.24) is 15.1 Å². The zero-order chi connectivity index (χ0) is 16.1. The molecule has 2 aromatic rings. The van der Waals surface area contributed by atoms with Gasteiger partial charge in [0.1, 0.15) is 11.6 Å². The second kappa shape index (κ2) is 4.42. The number of benzene rings is 1. The van der Waals surface area contributed by atoms with Crippen LogP contribution in [-0.2, 0) is 13.4 Å². The highest BCUT2D eigenvalue weighted by molar-refractivity contribution is 5.65. The molecule has 1 aromatic carbocycles. The molecule has 0 fully saturated rings. The van der Waals surface area contributed by atoms with Crippen LogP contribution in [0, 0.1) is 11.6 Å². The minimum Gasteiger partial charge on any atom is -0.308 e. The molecule has 0 bridgehead atoms. The average molecular weight is 266 g/mol. The van der Waals surface area contributed by atoms with Gasteiger partial charge in [-0.2, -0.15) is 5.10 Å². The maximum absolute atomic E-state index is 13.5. The van der Waals surface area contributed by atoms with Crippen LogP contribution < -0.4 is 5.32 Å². The highest BCUT2D eigenvalue weighted by atomic mass is 19.1. The number of aromatic nitrogens is 2. The van der Waals surface area contributed by atoms with Crippen LogP contribution in [0.4, 0.5) is 8.78 Å². The van der Waals surface area contributed by atoms with E-state index in [9.17, 15) is 8.78 Å². The molecule has 0 saturated heterocycles. The predicted molar refractivity (Wildman–Crippen MR) is 68.7 cm³/mol. The first-order valence-corrected chi connectivity index (χ1v) is 6.09. The van der Waals surface area contributed by atoms with Gasteiger partial charge in [0.25, 0.3) is 0 Å². The number of rotatable bonds is 1. The summed E-state index contributed by atoms with van der Waals surface area (Å²) in [6.07, 6.45) is 0.559. The minimum absolute atomic E-state index is 0.107. The Morgan fingerprint density at radius 1 is 1.37 bits per heavy atom. The van der Waals surface area contributed by atoms with Crippen molar-refractivity contribution >= 4 is 0 Å². The van der Waals surface area contributed by atoms with Gasteiger partial charge in [0, 0.05) is 34.3 Å². The molecule has 19 heavy (non-hydrogen) atoms. The number of nitrogens with one attached hydrogen (secondary N) is 1. The maximum atomic E-state index is 13.5. The Labute approximate surface area is 114 Å². The molecule has 1 atom stereocenters. The van der Waals surface area contributed by atoms with E-state index < -0.39 is 18.6 Å². The summed E-state index contributed by atoms with van der Waals surface area (Å²) >= 11 is 0. The Morgan fingerprint density at radius 2 is 2.11 bits per heavy atom. The number of aryl methyl sites for hydroxylation is 1. The largest absolute Gasteiger partial charge is 0.308 e. The molecule has 1 N–H and O–H groups in total. The maximum Gasteiger partial charge on any atom is 0.126 e. The van der Waals surface area contributed by atoms with Gasteiger partial charge in [-0.3, -0.25) is 4.68 Å². The highest BCUT2D eigenvalue weighted by Crippen LogP contribution is 2.32. The molecule has 1 aliphatic heterocycles. The standard InChI is InChI=1S/C14H15F2N3/c1-8-13-12(3-4-17-8)14(19(2)18-13)9-5-10(15)7-11(16)6-9/h5-8,17H,3-4H2,1-2H3/t8-/m1/s1/i2D3. The third-order valence-corrected chi connectivity index (χ3v) is 3.39. The van der Waals surface area contributed by atoms with Gasteiger partial charge < -0.3 is 5.32 Å². The Kier molecular flexibility index (Phi) is 2.14. The van der Waals surface area contributed by atoms with E-state index in [1.54, 1.807) is 0 Å². The van der Waals surface area contributed by atoms with Crippen LogP contribution in [0.3, 0.4) is 0 Å². The topological polar surface area (TPSA) is 29.9 Å². The van der Waals surface area contributed by atoms with Crippen molar-refractivity contribution in [3.05, 3.63) is 41.1 Å².